The molecule has 5 heteroatoms. The van der Waals surface area contributed by atoms with Gasteiger partial charge in [0.25, 0.3) is 10.1 Å². The summed E-state index contributed by atoms with van der Waals surface area (Å²) in [6.07, 6.45) is 11.9. The van der Waals surface area contributed by atoms with Crippen LogP contribution in [-0.4, -0.2) is 26.7 Å². The predicted octanol–water partition coefficient (Wildman–Crippen LogP) is 8.16. The second-order valence-electron chi connectivity index (χ2n) is 10.2. The smallest absolute Gasteiger partial charge is 0.296 e. The van der Waals surface area contributed by atoms with Gasteiger partial charge < -0.3 is 5.11 Å². The quantitative estimate of drug-likeness (QED) is 0.220. The third-order valence-electron chi connectivity index (χ3n) is 6.75. The van der Waals surface area contributed by atoms with Crippen molar-refractivity contribution in [3.63, 3.8) is 0 Å². The van der Waals surface area contributed by atoms with E-state index in [9.17, 15) is 8.42 Å². The lowest BCUT2D eigenvalue weighted by atomic mass is 9.91. The molecule has 4 nitrogen and oxygen atoms in total. The Morgan fingerprint density at radius 3 is 1.71 bits per heavy atom. The summed E-state index contributed by atoms with van der Waals surface area (Å²) < 4.78 is 29.7. The Bertz CT molecular complexity index is 695. The number of aliphatic hydroxyl groups is 1. The number of hydrogen-bond donors (Lipinski definition) is 1. The Labute approximate surface area is 212 Å². The minimum Gasteiger partial charge on any atom is -0.396 e. The van der Waals surface area contributed by atoms with E-state index in [1.165, 1.54) is 44.9 Å². The highest BCUT2D eigenvalue weighted by Crippen LogP contribution is 2.23. The van der Waals surface area contributed by atoms with Crippen LogP contribution in [0.15, 0.2) is 29.2 Å². The summed E-state index contributed by atoms with van der Waals surface area (Å²) in [5.74, 6) is 2.25. The van der Waals surface area contributed by atoms with Crippen molar-refractivity contribution >= 4 is 10.1 Å². The van der Waals surface area contributed by atoms with Gasteiger partial charge in [0.05, 0.1) is 11.5 Å². The third-order valence-corrected chi connectivity index (χ3v) is 8.05. The summed E-state index contributed by atoms with van der Waals surface area (Å²) in [5.41, 5.74) is 1.04. The SMILES string of the molecule is CCCC[C@@H](C)C[C@@H](CC)CO.CCCC[C@@H](C)C[C@@H](CC)COS(=O)(=O)c1ccc(C)cc1. The molecule has 0 saturated heterocycles. The average Bonchev–Trinajstić information content (AvgIpc) is 2.83. The molecule has 0 aromatic heterocycles. The van der Waals surface area contributed by atoms with Crippen molar-refractivity contribution in [1.82, 2.24) is 0 Å². The number of aryl methyl sites for hydroxylation is 1. The molecular formula is C29H54O4S. The van der Waals surface area contributed by atoms with Crippen molar-refractivity contribution in [1.29, 1.82) is 0 Å². The number of hydrogen-bond acceptors (Lipinski definition) is 4. The maximum atomic E-state index is 12.2. The molecule has 0 heterocycles. The van der Waals surface area contributed by atoms with Crippen LogP contribution in [0.3, 0.4) is 0 Å². The largest absolute Gasteiger partial charge is 0.396 e. The first-order valence-corrected chi connectivity index (χ1v) is 15.1. The molecule has 4 atom stereocenters. The van der Waals surface area contributed by atoms with Crippen molar-refractivity contribution in [2.75, 3.05) is 13.2 Å². The van der Waals surface area contributed by atoms with E-state index in [2.05, 4.69) is 41.5 Å². The molecule has 1 rings (SSSR count). The van der Waals surface area contributed by atoms with Crippen LogP contribution in [0, 0.1) is 30.6 Å². The zero-order valence-corrected chi connectivity index (χ0v) is 24.0. The molecule has 0 saturated carbocycles. The lowest BCUT2D eigenvalue weighted by Crippen LogP contribution is -2.16. The van der Waals surface area contributed by atoms with Crippen LogP contribution in [0.2, 0.25) is 0 Å². The van der Waals surface area contributed by atoms with Crippen molar-refractivity contribution in [2.24, 2.45) is 23.7 Å². The van der Waals surface area contributed by atoms with Crippen LogP contribution in [0.4, 0.5) is 0 Å². The van der Waals surface area contributed by atoms with E-state index in [0.29, 0.717) is 24.4 Å². The first kappa shape index (κ1) is 33.1. The molecule has 200 valence electrons. The highest BCUT2D eigenvalue weighted by atomic mass is 32.2. The van der Waals surface area contributed by atoms with Gasteiger partial charge in [-0.1, -0.05) is 111 Å². The van der Waals surface area contributed by atoms with Gasteiger partial charge in [-0.15, -0.1) is 0 Å². The minimum absolute atomic E-state index is 0.243. The number of rotatable bonds is 17. The summed E-state index contributed by atoms with van der Waals surface area (Å²) in [4.78, 5) is 0.243. The Hall–Kier alpha value is -0.910. The van der Waals surface area contributed by atoms with Crippen molar-refractivity contribution in [3.05, 3.63) is 29.8 Å². The van der Waals surface area contributed by atoms with Crippen LogP contribution in [0.1, 0.15) is 111 Å². The van der Waals surface area contributed by atoms with E-state index in [1.807, 2.05) is 6.92 Å². The average molecular weight is 499 g/mol. The van der Waals surface area contributed by atoms with Gasteiger partial charge in [0.1, 0.15) is 0 Å². The van der Waals surface area contributed by atoms with E-state index in [1.54, 1.807) is 24.3 Å². The zero-order chi connectivity index (χ0) is 26.0. The first-order valence-electron chi connectivity index (χ1n) is 13.7. The van der Waals surface area contributed by atoms with Crippen LogP contribution in [0.5, 0.6) is 0 Å². The Balaban J connectivity index is 0.000000770. The van der Waals surface area contributed by atoms with Gasteiger partial charge in [-0.25, -0.2) is 0 Å². The molecule has 1 aromatic rings. The zero-order valence-electron chi connectivity index (χ0n) is 23.2. The van der Waals surface area contributed by atoms with Crippen molar-refractivity contribution in [3.8, 4) is 0 Å². The summed E-state index contributed by atoms with van der Waals surface area (Å²) in [5, 5.41) is 9.00. The normalized spacial score (nSPS) is 15.2. The van der Waals surface area contributed by atoms with Crippen LogP contribution >= 0.6 is 0 Å². The van der Waals surface area contributed by atoms with Gasteiger partial charge in [0.15, 0.2) is 0 Å². The highest BCUT2D eigenvalue weighted by molar-refractivity contribution is 7.86. The fourth-order valence-corrected chi connectivity index (χ4v) is 5.14. The van der Waals surface area contributed by atoms with Gasteiger partial charge in [-0.2, -0.15) is 8.42 Å². The molecule has 0 aliphatic rings. The summed E-state index contributed by atoms with van der Waals surface area (Å²) >= 11 is 0. The van der Waals surface area contributed by atoms with Gasteiger partial charge >= 0.3 is 0 Å². The minimum atomic E-state index is -3.63. The first-order chi connectivity index (χ1) is 16.1. The van der Waals surface area contributed by atoms with Crippen molar-refractivity contribution in [2.45, 2.75) is 118 Å². The standard InChI is InChI=1S/C18H30O3S.C11H24O/c1-5-7-8-16(4)13-17(6-2)14-21-22(19,20)18-11-9-15(3)10-12-18;1-4-6-7-10(3)8-11(5-2)9-12/h9-12,16-17H,5-8,13-14H2,1-4H3;10-12H,4-9H2,1-3H3/t16-,17-;10-,11-/m11/s1. The summed E-state index contributed by atoms with van der Waals surface area (Å²) in [6, 6.07) is 6.80. The number of benzene rings is 1. The predicted molar refractivity (Wildman–Crippen MR) is 146 cm³/mol. The van der Waals surface area contributed by atoms with Gasteiger partial charge in [0, 0.05) is 6.61 Å². The maximum absolute atomic E-state index is 12.2. The molecule has 0 bridgehead atoms. The monoisotopic (exact) mass is 498 g/mol. The van der Waals surface area contributed by atoms with Crippen LogP contribution in [-0.2, 0) is 14.3 Å². The Morgan fingerprint density at radius 2 is 1.29 bits per heavy atom. The van der Waals surface area contributed by atoms with E-state index < -0.39 is 10.1 Å². The molecule has 0 radical (unpaired) electrons. The molecular weight excluding hydrogens is 444 g/mol. The van der Waals surface area contributed by atoms with Crippen molar-refractivity contribution < 1.29 is 17.7 Å². The molecule has 0 spiro atoms. The molecule has 0 aliphatic heterocycles. The van der Waals surface area contributed by atoms with Gasteiger partial charge in [-0.05, 0) is 55.6 Å². The maximum Gasteiger partial charge on any atom is 0.296 e. The fourth-order valence-electron chi connectivity index (χ4n) is 4.16. The molecule has 1 aromatic carbocycles. The Morgan fingerprint density at radius 1 is 0.824 bits per heavy atom. The lowest BCUT2D eigenvalue weighted by Gasteiger charge is -2.19. The third kappa shape index (κ3) is 15.2. The van der Waals surface area contributed by atoms with Gasteiger partial charge in [-0.3, -0.25) is 4.18 Å². The molecule has 0 aliphatic carbocycles. The van der Waals surface area contributed by atoms with Crippen LogP contribution < -0.4 is 0 Å². The topological polar surface area (TPSA) is 63.6 Å². The van der Waals surface area contributed by atoms with Gasteiger partial charge in [0.2, 0.25) is 0 Å². The van der Waals surface area contributed by atoms with E-state index >= 15 is 0 Å². The molecule has 34 heavy (non-hydrogen) atoms. The fraction of sp³-hybridized carbons (Fsp3) is 0.793. The molecule has 0 amide bonds. The number of aliphatic hydroxyl groups excluding tert-OH is 1. The lowest BCUT2D eigenvalue weighted by molar-refractivity contribution is 0.196. The van der Waals surface area contributed by atoms with E-state index in [-0.39, 0.29) is 11.5 Å². The van der Waals surface area contributed by atoms with E-state index in [0.717, 1.165) is 30.7 Å². The molecule has 1 N–H and O–H groups in total. The molecule has 0 fully saturated rings. The highest BCUT2D eigenvalue weighted by Gasteiger charge is 2.19. The molecule has 0 unspecified atom stereocenters. The summed E-state index contributed by atoms with van der Waals surface area (Å²) in [7, 11) is -3.63. The Kier molecular flexibility index (Phi) is 18.8. The second kappa shape index (κ2) is 19.3. The second-order valence-corrected chi connectivity index (χ2v) is 11.9. The van der Waals surface area contributed by atoms with Crippen LogP contribution in [0.25, 0.3) is 0 Å². The summed E-state index contributed by atoms with van der Waals surface area (Å²) in [6.45, 7) is 15.8. The van der Waals surface area contributed by atoms with E-state index in [4.69, 9.17) is 9.29 Å². The number of unbranched alkanes of at least 4 members (excludes halogenated alkanes) is 2.